The Bertz CT molecular complexity index is 923. The van der Waals surface area contributed by atoms with Crippen molar-refractivity contribution in [3.05, 3.63) is 47.6 Å². The van der Waals surface area contributed by atoms with Crippen molar-refractivity contribution in [2.45, 2.75) is 0 Å². The quantitative estimate of drug-likeness (QED) is 0.539. The number of fused-ring (bicyclic) bond motifs is 1. The number of hydrogen-bond acceptors (Lipinski definition) is 6. The van der Waals surface area contributed by atoms with Gasteiger partial charge in [0.2, 0.25) is 11.6 Å². The number of hydrogen-bond donors (Lipinski definition) is 0. The second-order valence-corrected chi connectivity index (χ2v) is 5.14. The predicted molar refractivity (Wildman–Crippen MR) is 76.6 cm³/mol. The van der Waals surface area contributed by atoms with E-state index in [9.17, 15) is 4.79 Å². The number of benzene rings is 1. The molecule has 0 bridgehead atoms. The van der Waals surface area contributed by atoms with Gasteiger partial charge in [-0.2, -0.15) is 4.98 Å². The molecule has 0 unspecified atom stereocenters. The summed E-state index contributed by atoms with van der Waals surface area (Å²) >= 11 is 1.44. The second kappa shape index (κ2) is 4.60. The first-order chi connectivity index (χ1) is 10.4. The number of imidazole rings is 1. The number of thiazole rings is 1. The Hall–Kier alpha value is -2.87. The topological polar surface area (TPSA) is 78.0 Å². The highest BCUT2D eigenvalue weighted by molar-refractivity contribution is 7.15. The van der Waals surface area contributed by atoms with Crippen LogP contribution in [0.2, 0.25) is 0 Å². The first-order valence-corrected chi connectivity index (χ1v) is 7.01. The normalized spacial score (nSPS) is 11.0. The van der Waals surface area contributed by atoms with Crippen LogP contribution in [0.5, 0.6) is 0 Å². The molecule has 8 heteroatoms. The molecule has 3 heterocycles. The van der Waals surface area contributed by atoms with Gasteiger partial charge in [0, 0.05) is 17.1 Å². The SMILES string of the molecule is O=Cc1c(-n2nnc(-c3ccccc3)n2)nc2sccn12. The molecule has 0 aliphatic rings. The summed E-state index contributed by atoms with van der Waals surface area (Å²) in [6, 6.07) is 9.52. The van der Waals surface area contributed by atoms with E-state index in [1.165, 1.54) is 16.1 Å². The molecule has 1 aromatic carbocycles. The van der Waals surface area contributed by atoms with Gasteiger partial charge >= 0.3 is 0 Å². The number of rotatable bonds is 3. The van der Waals surface area contributed by atoms with Crippen molar-refractivity contribution >= 4 is 22.6 Å². The van der Waals surface area contributed by atoms with E-state index in [1.54, 1.807) is 10.6 Å². The van der Waals surface area contributed by atoms with E-state index in [0.717, 1.165) is 11.8 Å². The molecule has 3 aromatic heterocycles. The smallest absolute Gasteiger partial charge is 0.206 e. The van der Waals surface area contributed by atoms with Gasteiger partial charge in [0.1, 0.15) is 5.69 Å². The Balaban J connectivity index is 1.84. The molecule has 0 radical (unpaired) electrons. The maximum absolute atomic E-state index is 11.3. The third-order valence-electron chi connectivity index (χ3n) is 3.03. The molecule has 0 fully saturated rings. The van der Waals surface area contributed by atoms with Crippen LogP contribution in [0.25, 0.3) is 22.2 Å². The lowest BCUT2D eigenvalue weighted by atomic mass is 10.2. The molecule has 4 aromatic rings. The van der Waals surface area contributed by atoms with Gasteiger partial charge in [0.15, 0.2) is 11.2 Å². The summed E-state index contributed by atoms with van der Waals surface area (Å²) in [5.41, 5.74) is 1.26. The number of carbonyl (C=O) groups is 1. The Kier molecular flexibility index (Phi) is 2.61. The van der Waals surface area contributed by atoms with E-state index in [2.05, 4.69) is 20.4 Å². The molecule has 21 heavy (non-hydrogen) atoms. The third kappa shape index (κ3) is 1.84. The van der Waals surface area contributed by atoms with Gasteiger partial charge in [0.25, 0.3) is 0 Å². The van der Waals surface area contributed by atoms with Crippen LogP contribution in [-0.4, -0.2) is 35.9 Å². The van der Waals surface area contributed by atoms with Crippen LogP contribution in [0.15, 0.2) is 41.9 Å². The molecule has 0 saturated carbocycles. The van der Waals surface area contributed by atoms with Crippen molar-refractivity contribution in [2.75, 3.05) is 0 Å². The number of carbonyl (C=O) groups excluding carboxylic acids is 1. The number of tetrazole rings is 1. The van der Waals surface area contributed by atoms with E-state index in [4.69, 9.17) is 0 Å². The molecular formula is C13H8N6OS. The molecule has 0 amide bonds. The van der Waals surface area contributed by atoms with Crippen molar-refractivity contribution in [3.63, 3.8) is 0 Å². The minimum atomic E-state index is 0.381. The van der Waals surface area contributed by atoms with Crippen LogP contribution >= 0.6 is 11.3 Å². The Morgan fingerprint density at radius 3 is 2.86 bits per heavy atom. The van der Waals surface area contributed by atoms with Crippen molar-refractivity contribution in [1.82, 2.24) is 29.6 Å². The fourth-order valence-corrected chi connectivity index (χ4v) is 2.77. The monoisotopic (exact) mass is 296 g/mol. The highest BCUT2D eigenvalue weighted by atomic mass is 32.1. The van der Waals surface area contributed by atoms with E-state index < -0.39 is 0 Å². The number of aldehydes is 1. The molecule has 0 atom stereocenters. The summed E-state index contributed by atoms with van der Waals surface area (Å²) in [6.45, 7) is 0. The molecule has 0 saturated heterocycles. The summed E-state index contributed by atoms with van der Waals surface area (Å²) in [5.74, 6) is 0.871. The summed E-state index contributed by atoms with van der Waals surface area (Å²) < 4.78 is 1.71. The first kappa shape index (κ1) is 11.9. The number of aromatic nitrogens is 6. The summed E-state index contributed by atoms with van der Waals surface area (Å²) in [7, 11) is 0. The lowest BCUT2D eigenvalue weighted by Gasteiger charge is -1.94. The van der Waals surface area contributed by atoms with Gasteiger partial charge in [-0.1, -0.05) is 30.3 Å². The van der Waals surface area contributed by atoms with E-state index >= 15 is 0 Å². The van der Waals surface area contributed by atoms with Gasteiger partial charge in [-0.05, 0) is 5.21 Å². The average molecular weight is 296 g/mol. The fourth-order valence-electron chi connectivity index (χ4n) is 2.06. The Morgan fingerprint density at radius 1 is 1.19 bits per heavy atom. The molecule has 102 valence electrons. The highest BCUT2D eigenvalue weighted by Crippen LogP contribution is 2.19. The van der Waals surface area contributed by atoms with Gasteiger partial charge in [-0.3, -0.25) is 9.20 Å². The zero-order valence-corrected chi connectivity index (χ0v) is 11.4. The van der Waals surface area contributed by atoms with Crippen LogP contribution < -0.4 is 0 Å². The fraction of sp³-hybridized carbons (Fsp3) is 0. The first-order valence-electron chi connectivity index (χ1n) is 6.13. The molecule has 4 rings (SSSR count). The zero-order valence-electron chi connectivity index (χ0n) is 10.6. The van der Waals surface area contributed by atoms with Crippen LogP contribution in [0.1, 0.15) is 10.5 Å². The van der Waals surface area contributed by atoms with Gasteiger partial charge in [0.05, 0.1) is 0 Å². The summed E-state index contributed by atoms with van der Waals surface area (Å²) in [4.78, 5) is 17.7. The van der Waals surface area contributed by atoms with E-state index in [0.29, 0.717) is 22.3 Å². The van der Waals surface area contributed by atoms with Crippen LogP contribution in [0.3, 0.4) is 0 Å². The van der Waals surface area contributed by atoms with Crippen molar-refractivity contribution in [3.8, 4) is 17.2 Å². The summed E-state index contributed by atoms with van der Waals surface area (Å²) in [5, 5.41) is 14.2. The van der Waals surface area contributed by atoms with Crippen LogP contribution in [0.4, 0.5) is 0 Å². The van der Waals surface area contributed by atoms with E-state index in [1.807, 2.05) is 35.7 Å². The van der Waals surface area contributed by atoms with E-state index in [-0.39, 0.29) is 0 Å². The van der Waals surface area contributed by atoms with Crippen LogP contribution in [-0.2, 0) is 0 Å². The molecule has 0 aliphatic heterocycles. The van der Waals surface area contributed by atoms with Gasteiger partial charge < -0.3 is 0 Å². The van der Waals surface area contributed by atoms with Crippen molar-refractivity contribution < 1.29 is 4.79 Å². The van der Waals surface area contributed by atoms with Crippen molar-refractivity contribution in [2.24, 2.45) is 0 Å². The second-order valence-electron chi connectivity index (χ2n) is 4.26. The standard InChI is InChI=1S/C13H8N6OS/c20-8-10-12(14-13-18(10)6-7-21-13)19-16-11(15-17-19)9-4-2-1-3-5-9/h1-8H. The maximum Gasteiger partial charge on any atom is 0.206 e. The van der Waals surface area contributed by atoms with Crippen LogP contribution in [0, 0.1) is 0 Å². The largest absolute Gasteiger partial charge is 0.296 e. The third-order valence-corrected chi connectivity index (χ3v) is 3.78. The molecule has 0 spiro atoms. The molecule has 7 nitrogen and oxygen atoms in total. The molecule has 0 aliphatic carbocycles. The molecular weight excluding hydrogens is 288 g/mol. The highest BCUT2D eigenvalue weighted by Gasteiger charge is 2.17. The minimum absolute atomic E-state index is 0.381. The zero-order chi connectivity index (χ0) is 14.2. The summed E-state index contributed by atoms with van der Waals surface area (Å²) in [6.07, 6.45) is 2.53. The average Bonchev–Trinajstić information content (AvgIpc) is 3.22. The minimum Gasteiger partial charge on any atom is -0.296 e. The van der Waals surface area contributed by atoms with Crippen molar-refractivity contribution in [1.29, 1.82) is 0 Å². The predicted octanol–water partition coefficient (Wildman–Crippen LogP) is 1.85. The Morgan fingerprint density at radius 2 is 2.05 bits per heavy atom. The number of nitrogens with zero attached hydrogens (tertiary/aromatic N) is 6. The van der Waals surface area contributed by atoms with Gasteiger partial charge in [-0.15, -0.1) is 26.3 Å². The lowest BCUT2D eigenvalue weighted by molar-refractivity contribution is 0.111. The van der Waals surface area contributed by atoms with Gasteiger partial charge in [-0.25, -0.2) is 0 Å². The lowest BCUT2D eigenvalue weighted by Crippen LogP contribution is -2.03. The molecule has 0 N–H and O–H groups in total. The Labute approximate surface area is 122 Å². The maximum atomic E-state index is 11.3.